The molecule has 2 aromatic heterocycles. The van der Waals surface area contributed by atoms with Gasteiger partial charge in [-0.25, -0.2) is 0 Å². The highest BCUT2D eigenvalue weighted by molar-refractivity contribution is 9.10. The van der Waals surface area contributed by atoms with Gasteiger partial charge in [0.15, 0.2) is 0 Å². The van der Waals surface area contributed by atoms with Gasteiger partial charge >= 0.3 is 0 Å². The fourth-order valence-electron chi connectivity index (χ4n) is 1.59. The summed E-state index contributed by atoms with van der Waals surface area (Å²) in [5.74, 6) is 5.61. The van der Waals surface area contributed by atoms with E-state index in [-0.39, 0.29) is 6.04 Å². The van der Waals surface area contributed by atoms with Crippen LogP contribution in [-0.4, -0.2) is 0 Å². The van der Waals surface area contributed by atoms with E-state index in [2.05, 4.69) is 49.6 Å². The Kier molecular flexibility index (Phi) is 4.55. The monoisotopic (exact) mass is 316 g/mol. The van der Waals surface area contributed by atoms with Gasteiger partial charge in [-0.3, -0.25) is 11.3 Å². The van der Waals surface area contributed by atoms with Crippen molar-refractivity contribution in [3.8, 4) is 0 Å². The second-order valence-electron chi connectivity index (χ2n) is 3.52. The lowest BCUT2D eigenvalue weighted by molar-refractivity contribution is 0.523. The fraction of sp³-hybridized carbons (Fsp3) is 0.273. The van der Waals surface area contributed by atoms with Gasteiger partial charge in [0.05, 0.1) is 6.04 Å². The SMILES string of the molecule is NNC(CCc1ccsc1)c1sccc1Br. The molecule has 2 heterocycles. The number of hydrogen-bond donors (Lipinski definition) is 2. The summed E-state index contributed by atoms with van der Waals surface area (Å²) in [5.41, 5.74) is 4.28. The van der Waals surface area contributed by atoms with E-state index < -0.39 is 0 Å². The minimum Gasteiger partial charge on any atom is -0.271 e. The van der Waals surface area contributed by atoms with Crippen LogP contribution >= 0.6 is 38.6 Å². The third-order valence-electron chi connectivity index (χ3n) is 2.46. The second kappa shape index (κ2) is 5.93. The lowest BCUT2D eigenvalue weighted by atomic mass is 10.1. The summed E-state index contributed by atoms with van der Waals surface area (Å²) in [7, 11) is 0. The van der Waals surface area contributed by atoms with Crippen molar-refractivity contribution in [2.75, 3.05) is 0 Å². The zero-order valence-electron chi connectivity index (χ0n) is 8.65. The summed E-state index contributed by atoms with van der Waals surface area (Å²) in [6.07, 6.45) is 2.08. The smallest absolute Gasteiger partial charge is 0.0567 e. The van der Waals surface area contributed by atoms with Gasteiger partial charge in [0.2, 0.25) is 0 Å². The number of rotatable bonds is 5. The highest BCUT2D eigenvalue weighted by Gasteiger charge is 2.14. The molecule has 1 unspecified atom stereocenters. The summed E-state index contributed by atoms with van der Waals surface area (Å²) in [5, 5.41) is 6.38. The maximum absolute atomic E-state index is 5.61. The van der Waals surface area contributed by atoms with Crippen LogP contribution in [-0.2, 0) is 6.42 Å². The number of nitrogens with one attached hydrogen (secondary N) is 1. The van der Waals surface area contributed by atoms with Crippen molar-refractivity contribution in [2.24, 2.45) is 5.84 Å². The molecule has 5 heteroatoms. The lowest BCUT2D eigenvalue weighted by Gasteiger charge is -2.14. The first-order valence-corrected chi connectivity index (χ1v) is 7.63. The second-order valence-corrected chi connectivity index (χ2v) is 6.10. The summed E-state index contributed by atoms with van der Waals surface area (Å²) >= 11 is 7.02. The van der Waals surface area contributed by atoms with Crippen molar-refractivity contribution in [1.82, 2.24) is 5.43 Å². The van der Waals surface area contributed by atoms with Crippen molar-refractivity contribution in [3.63, 3.8) is 0 Å². The Morgan fingerprint density at radius 2 is 2.25 bits per heavy atom. The number of hydrazine groups is 1. The van der Waals surface area contributed by atoms with Crippen LogP contribution in [0.2, 0.25) is 0 Å². The molecule has 86 valence electrons. The molecule has 0 fully saturated rings. The van der Waals surface area contributed by atoms with E-state index in [1.165, 1.54) is 10.4 Å². The maximum atomic E-state index is 5.61. The highest BCUT2D eigenvalue weighted by atomic mass is 79.9. The standard InChI is InChI=1S/C11H13BrN2S2/c12-9-4-6-16-11(9)10(14-13)2-1-8-3-5-15-7-8/h3-7,10,14H,1-2,13H2. The Bertz CT molecular complexity index is 425. The molecule has 0 saturated carbocycles. The van der Waals surface area contributed by atoms with Crippen LogP contribution in [0.5, 0.6) is 0 Å². The molecule has 0 radical (unpaired) electrons. The minimum atomic E-state index is 0.231. The Hall–Kier alpha value is -0.200. The zero-order chi connectivity index (χ0) is 11.4. The Morgan fingerprint density at radius 1 is 1.38 bits per heavy atom. The van der Waals surface area contributed by atoms with Gasteiger partial charge in [0.1, 0.15) is 0 Å². The zero-order valence-corrected chi connectivity index (χ0v) is 11.9. The average Bonchev–Trinajstić information content (AvgIpc) is 2.92. The van der Waals surface area contributed by atoms with Gasteiger partial charge < -0.3 is 0 Å². The number of halogens is 1. The van der Waals surface area contributed by atoms with Crippen LogP contribution in [0.15, 0.2) is 32.7 Å². The van der Waals surface area contributed by atoms with Crippen LogP contribution < -0.4 is 11.3 Å². The topological polar surface area (TPSA) is 38.0 Å². The molecule has 2 aromatic rings. The largest absolute Gasteiger partial charge is 0.271 e. The van der Waals surface area contributed by atoms with E-state index in [9.17, 15) is 0 Å². The van der Waals surface area contributed by atoms with Crippen LogP contribution in [0.4, 0.5) is 0 Å². The van der Waals surface area contributed by atoms with Crippen molar-refractivity contribution in [2.45, 2.75) is 18.9 Å². The maximum Gasteiger partial charge on any atom is 0.0567 e. The molecule has 0 bridgehead atoms. The molecule has 16 heavy (non-hydrogen) atoms. The quantitative estimate of drug-likeness (QED) is 0.652. The predicted octanol–water partition coefficient (Wildman–Crippen LogP) is 3.71. The van der Waals surface area contributed by atoms with Gasteiger partial charge in [-0.2, -0.15) is 11.3 Å². The third kappa shape index (κ3) is 2.93. The van der Waals surface area contributed by atoms with Crippen LogP contribution in [0.25, 0.3) is 0 Å². The van der Waals surface area contributed by atoms with Crippen LogP contribution in [0, 0.1) is 0 Å². The lowest BCUT2D eigenvalue weighted by Crippen LogP contribution is -2.28. The number of hydrogen-bond acceptors (Lipinski definition) is 4. The van der Waals surface area contributed by atoms with E-state index in [1.54, 1.807) is 22.7 Å². The summed E-state index contributed by atoms with van der Waals surface area (Å²) < 4.78 is 1.14. The summed E-state index contributed by atoms with van der Waals surface area (Å²) in [6, 6.07) is 4.46. The van der Waals surface area contributed by atoms with Crippen molar-refractivity contribution < 1.29 is 0 Å². The Balaban J connectivity index is 1.99. The molecule has 0 saturated heterocycles. The normalized spacial score (nSPS) is 12.9. The van der Waals surface area contributed by atoms with Gasteiger partial charge in [-0.1, -0.05) is 0 Å². The van der Waals surface area contributed by atoms with E-state index in [0.717, 1.165) is 17.3 Å². The molecular formula is C11H13BrN2S2. The van der Waals surface area contributed by atoms with Gasteiger partial charge in [0, 0.05) is 9.35 Å². The summed E-state index contributed by atoms with van der Waals surface area (Å²) in [4.78, 5) is 1.28. The molecule has 0 aliphatic rings. The molecule has 0 aliphatic heterocycles. The Morgan fingerprint density at radius 3 is 2.81 bits per heavy atom. The number of thiophene rings is 2. The van der Waals surface area contributed by atoms with Crippen LogP contribution in [0.3, 0.4) is 0 Å². The average molecular weight is 317 g/mol. The van der Waals surface area contributed by atoms with E-state index in [4.69, 9.17) is 5.84 Å². The molecule has 3 N–H and O–H groups in total. The molecule has 0 aromatic carbocycles. The number of aryl methyl sites for hydroxylation is 1. The van der Waals surface area contributed by atoms with E-state index in [1.807, 2.05) is 0 Å². The minimum absolute atomic E-state index is 0.231. The third-order valence-corrected chi connectivity index (χ3v) is 5.18. The van der Waals surface area contributed by atoms with E-state index in [0.29, 0.717) is 0 Å². The van der Waals surface area contributed by atoms with Gasteiger partial charge in [-0.15, -0.1) is 11.3 Å². The Labute approximate surface area is 112 Å². The highest BCUT2D eigenvalue weighted by Crippen LogP contribution is 2.31. The predicted molar refractivity (Wildman–Crippen MR) is 74.7 cm³/mol. The number of nitrogens with two attached hydrogens (primary N) is 1. The molecule has 0 aliphatic carbocycles. The first-order valence-electron chi connectivity index (χ1n) is 5.01. The van der Waals surface area contributed by atoms with Crippen molar-refractivity contribution in [3.05, 3.63) is 43.2 Å². The van der Waals surface area contributed by atoms with Gasteiger partial charge in [-0.05, 0) is 62.6 Å². The fourth-order valence-corrected chi connectivity index (χ4v) is 4.04. The molecule has 2 rings (SSSR count). The molecule has 0 spiro atoms. The first-order chi connectivity index (χ1) is 7.81. The van der Waals surface area contributed by atoms with Gasteiger partial charge in [0.25, 0.3) is 0 Å². The molecule has 0 amide bonds. The van der Waals surface area contributed by atoms with E-state index >= 15 is 0 Å². The molecular weight excluding hydrogens is 304 g/mol. The summed E-state index contributed by atoms with van der Waals surface area (Å²) in [6.45, 7) is 0. The van der Waals surface area contributed by atoms with Crippen molar-refractivity contribution >= 4 is 38.6 Å². The molecule has 2 nitrogen and oxygen atoms in total. The molecule has 1 atom stereocenters. The van der Waals surface area contributed by atoms with Crippen molar-refractivity contribution in [1.29, 1.82) is 0 Å². The van der Waals surface area contributed by atoms with Crippen LogP contribution in [0.1, 0.15) is 22.9 Å². The first kappa shape index (κ1) is 12.3.